The fourth-order valence-corrected chi connectivity index (χ4v) is 1.88. The summed E-state index contributed by atoms with van der Waals surface area (Å²) in [4.78, 5) is 21.8. The van der Waals surface area contributed by atoms with Crippen LogP contribution >= 0.6 is 0 Å². The number of aldehydes is 1. The molecule has 4 nitrogen and oxygen atoms in total. The molecule has 0 fully saturated rings. The molecule has 90 valence electrons. The van der Waals surface area contributed by atoms with Gasteiger partial charge >= 0.3 is 5.76 Å². The van der Waals surface area contributed by atoms with Crippen LogP contribution in [0, 0.1) is 6.92 Å². The molecule has 2 aromatic rings. The Labute approximate surface area is 98.8 Å². The van der Waals surface area contributed by atoms with Crippen molar-refractivity contribution in [2.45, 2.75) is 32.7 Å². The lowest BCUT2D eigenvalue weighted by molar-refractivity contribution is -0.107. The van der Waals surface area contributed by atoms with Crippen LogP contribution in [-0.2, 0) is 11.3 Å². The third-order valence-electron chi connectivity index (χ3n) is 2.78. The van der Waals surface area contributed by atoms with Gasteiger partial charge in [0.05, 0.1) is 5.52 Å². The topological polar surface area (TPSA) is 52.2 Å². The van der Waals surface area contributed by atoms with Crippen LogP contribution in [0.2, 0.25) is 0 Å². The van der Waals surface area contributed by atoms with Crippen molar-refractivity contribution >= 4 is 17.4 Å². The smallest absolute Gasteiger partial charge is 0.408 e. The molecule has 1 aromatic carbocycles. The molecule has 0 N–H and O–H groups in total. The van der Waals surface area contributed by atoms with E-state index in [0.717, 1.165) is 30.2 Å². The van der Waals surface area contributed by atoms with E-state index in [9.17, 15) is 9.59 Å². The number of aryl methyl sites for hydroxylation is 2. The largest absolute Gasteiger partial charge is 0.419 e. The first-order chi connectivity index (χ1) is 8.22. The van der Waals surface area contributed by atoms with Crippen molar-refractivity contribution in [1.82, 2.24) is 4.57 Å². The summed E-state index contributed by atoms with van der Waals surface area (Å²) in [5.74, 6) is -0.322. The predicted molar refractivity (Wildman–Crippen MR) is 65.1 cm³/mol. The Morgan fingerprint density at radius 3 is 2.94 bits per heavy atom. The third-order valence-corrected chi connectivity index (χ3v) is 2.78. The SMILES string of the molecule is Cc1ccc2oc(=O)n(CCCCC=O)c2c1. The van der Waals surface area contributed by atoms with Crippen molar-refractivity contribution in [3.05, 3.63) is 34.3 Å². The monoisotopic (exact) mass is 233 g/mol. The van der Waals surface area contributed by atoms with Gasteiger partial charge in [0.2, 0.25) is 0 Å². The van der Waals surface area contributed by atoms with E-state index in [2.05, 4.69) is 0 Å². The molecule has 0 unspecified atom stereocenters. The molecule has 0 aliphatic heterocycles. The first kappa shape index (κ1) is 11.6. The molecule has 0 saturated carbocycles. The molecule has 0 bridgehead atoms. The van der Waals surface area contributed by atoms with Gasteiger partial charge in [-0.3, -0.25) is 4.57 Å². The summed E-state index contributed by atoms with van der Waals surface area (Å²) in [6, 6.07) is 5.68. The highest BCUT2D eigenvalue weighted by molar-refractivity contribution is 5.73. The van der Waals surface area contributed by atoms with Crippen LogP contribution in [0.15, 0.2) is 27.4 Å². The third kappa shape index (κ3) is 2.46. The molecule has 0 atom stereocenters. The van der Waals surface area contributed by atoms with Gasteiger partial charge in [-0.1, -0.05) is 6.07 Å². The van der Waals surface area contributed by atoms with Crippen molar-refractivity contribution in [3.63, 3.8) is 0 Å². The van der Waals surface area contributed by atoms with Gasteiger partial charge in [0.25, 0.3) is 0 Å². The summed E-state index contributed by atoms with van der Waals surface area (Å²) < 4.78 is 6.78. The summed E-state index contributed by atoms with van der Waals surface area (Å²) in [6.45, 7) is 2.58. The zero-order valence-electron chi connectivity index (χ0n) is 9.81. The molecular formula is C13H15NO3. The minimum absolute atomic E-state index is 0.322. The van der Waals surface area contributed by atoms with Gasteiger partial charge in [-0.25, -0.2) is 4.79 Å². The van der Waals surface area contributed by atoms with Crippen LogP contribution in [0.4, 0.5) is 0 Å². The highest BCUT2D eigenvalue weighted by atomic mass is 16.4. The lowest BCUT2D eigenvalue weighted by Crippen LogP contribution is -2.14. The Morgan fingerprint density at radius 2 is 2.18 bits per heavy atom. The molecule has 0 spiro atoms. The second-order valence-electron chi connectivity index (χ2n) is 4.15. The molecule has 0 radical (unpaired) electrons. The number of carbonyl (C=O) groups excluding carboxylic acids is 1. The Balaban J connectivity index is 2.26. The second-order valence-corrected chi connectivity index (χ2v) is 4.15. The number of carbonyl (C=O) groups is 1. The van der Waals surface area contributed by atoms with Crippen molar-refractivity contribution in [2.75, 3.05) is 0 Å². The predicted octanol–water partition coefficient (Wildman–Crippen LogP) is 2.27. The molecule has 1 heterocycles. The average molecular weight is 233 g/mol. The van der Waals surface area contributed by atoms with E-state index >= 15 is 0 Å². The minimum atomic E-state index is -0.322. The zero-order valence-corrected chi connectivity index (χ0v) is 9.81. The van der Waals surface area contributed by atoms with Gasteiger partial charge in [0.15, 0.2) is 5.58 Å². The van der Waals surface area contributed by atoms with Gasteiger partial charge in [0.1, 0.15) is 6.29 Å². The molecule has 0 saturated heterocycles. The van der Waals surface area contributed by atoms with Gasteiger partial charge in [-0.15, -0.1) is 0 Å². The molecule has 4 heteroatoms. The number of unbranched alkanes of at least 4 members (excludes halogenated alkanes) is 2. The van der Waals surface area contributed by atoms with E-state index in [1.54, 1.807) is 4.57 Å². The Hall–Kier alpha value is -1.84. The van der Waals surface area contributed by atoms with Crippen LogP contribution in [0.3, 0.4) is 0 Å². The lowest BCUT2D eigenvalue weighted by atomic mass is 10.2. The fraction of sp³-hybridized carbons (Fsp3) is 0.385. The maximum atomic E-state index is 11.6. The maximum Gasteiger partial charge on any atom is 0.419 e. The summed E-state index contributed by atoms with van der Waals surface area (Å²) in [7, 11) is 0. The average Bonchev–Trinajstić information content (AvgIpc) is 2.61. The summed E-state index contributed by atoms with van der Waals surface area (Å²) in [6.07, 6.45) is 3.06. The first-order valence-corrected chi connectivity index (χ1v) is 5.76. The number of benzene rings is 1. The van der Waals surface area contributed by atoms with E-state index in [4.69, 9.17) is 4.42 Å². The highest BCUT2D eigenvalue weighted by Crippen LogP contribution is 2.15. The van der Waals surface area contributed by atoms with Gasteiger partial charge in [-0.2, -0.15) is 0 Å². The molecule has 0 aliphatic carbocycles. The Kier molecular flexibility index (Phi) is 3.42. The van der Waals surface area contributed by atoms with E-state index in [1.165, 1.54) is 0 Å². The summed E-state index contributed by atoms with van der Waals surface area (Å²) in [5.41, 5.74) is 2.55. The van der Waals surface area contributed by atoms with Crippen LogP contribution in [-0.4, -0.2) is 10.9 Å². The number of oxazole rings is 1. The van der Waals surface area contributed by atoms with Crippen molar-refractivity contribution in [3.8, 4) is 0 Å². The molecule has 0 aliphatic rings. The van der Waals surface area contributed by atoms with Crippen LogP contribution < -0.4 is 5.76 Å². The number of fused-ring (bicyclic) bond motifs is 1. The normalized spacial score (nSPS) is 10.9. The van der Waals surface area contributed by atoms with E-state index in [0.29, 0.717) is 18.5 Å². The fourth-order valence-electron chi connectivity index (χ4n) is 1.88. The first-order valence-electron chi connectivity index (χ1n) is 5.76. The maximum absolute atomic E-state index is 11.6. The number of rotatable bonds is 5. The lowest BCUT2D eigenvalue weighted by Gasteiger charge is -2.01. The van der Waals surface area contributed by atoms with E-state index < -0.39 is 0 Å². The number of aromatic nitrogens is 1. The molecule has 17 heavy (non-hydrogen) atoms. The Morgan fingerprint density at radius 1 is 1.35 bits per heavy atom. The van der Waals surface area contributed by atoms with Crippen LogP contribution in [0.1, 0.15) is 24.8 Å². The second kappa shape index (κ2) is 4.99. The van der Waals surface area contributed by atoms with Crippen molar-refractivity contribution < 1.29 is 9.21 Å². The molecule has 2 rings (SSSR count). The van der Waals surface area contributed by atoms with Crippen LogP contribution in [0.5, 0.6) is 0 Å². The standard InChI is InChI=1S/C13H15NO3/c1-10-5-6-12-11(9-10)14(13(16)17-12)7-3-2-4-8-15/h5-6,8-9H,2-4,7H2,1H3. The quantitative estimate of drug-likeness (QED) is 0.588. The zero-order chi connectivity index (χ0) is 12.3. The number of hydrogen-bond donors (Lipinski definition) is 0. The van der Waals surface area contributed by atoms with E-state index in [-0.39, 0.29) is 5.76 Å². The van der Waals surface area contributed by atoms with Crippen LogP contribution in [0.25, 0.3) is 11.1 Å². The highest BCUT2D eigenvalue weighted by Gasteiger charge is 2.08. The van der Waals surface area contributed by atoms with Crippen molar-refractivity contribution in [2.24, 2.45) is 0 Å². The molecular weight excluding hydrogens is 218 g/mol. The van der Waals surface area contributed by atoms with Crippen molar-refractivity contribution in [1.29, 1.82) is 0 Å². The number of hydrogen-bond acceptors (Lipinski definition) is 3. The number of nitrogens with zero attached hydrogens (tertiary/aromatic N) is 1. The molecule has 0 amide bonds. The van der Waals surface area contributed by atoms with Gasteiger partial charge in [-0.05, 0) is 37.5 Å². The van der Waals surface area contributed by atoms with Gasteiger partial charge < -0.3 is 9.21 Å². The summed E-state index contributed by atoms with van der Waals surface area (Å²) >= 11 is 0. The Bertz CT molecular complexity index is 580. The van der Waals surface area contributed by atoms with Gasteiger partial charge in [0, 0.05) is 13.0 Å². The summed E-state index contributed by atoms with van der Waals surface area (Å²) in [5, 5.41) is 0. The minimum Gasteiger partial charge on any atom is -0.408 e. The molecule has 1 aromatic heterocycles. The van der Waals surface area contributed by atoms with E-state index in [1.807, 2.05) is 25.1 Å².